The lowest BCUT2D eigenvalue weighted by atomic mass is 9.67. The number of para-hydroxylation sites is 1. The fourth-order valence-electron chi connectivity index (χ4n) is 8.36. The van der Waals surface area contributed by atoms with E-state index in [0.717, 1.165) is 0 Å². The van der Waals surface area contributed by atoms with Crippen molar-refractivity contribution >= 4 is 5.78 Å². The number of hydrogen-bond donors (Lipinski definition) is 0. The number of hydrogen-bond acceptors (Lipinski definition) is 3. The van der Waals surface area contributed by atoms with Crippen molar-refractivity contribution in [3.8, 4) is 5.69 Å². The van der Waals surface area contributed by atoms with Crippen molar-refractivity contribution in [3.63, 3.8) is 0 Å². The molecule has 1 aromatic carbocycles. The third-order valence-corrected chi connectivity index (χ3v) is 8.68. The molecule has 0 unspecified atom stereocenters. The van der Waals surface area contributed by atoms with Crippen molar-refractivity contribution in [2.24, 2.45) is 34.5 Å². The van der Waals surface area contributed by atoms with E-state index in [2.05, 4.69) is 6.08 Å². The molecule has 9 rings (SSSR count). The Bertz CT molecular complexity index is 1230. The molecule has 0 saturated heterocycles. The van der Waals surface area contributed by atoms with Gasteiger partial charge in [-0.2, -0.15) is 0 Å². The first-order valence-corrected chi connectivity index (χ1v) is 9.38. The van der Waals surface area contributed by atoms with Gasteiger partial charge in [0, 0.05) is 17.3 Å². The maximum absolute atomic E-state index is 13.3. The van der Waals surface area contributed by atoms with Gasteiger partial charge in [0.15, 0.2) is 5.78 Å². The monoisotopic (exact) mass is 345 g/mol. The molecule has 4 fully saturated rings. The number of carbonyl (C=O) groups excluding carboxylic acids is 1. The molecule has 6 nitrogen and oxygen atoms in total. The van der Waals surface area contributed by atoms with E-state index in [1.807, 2.05) is 18.2 Å². The molecule has 2 aromatic rings. The van der Waals surface area contributed by atoms with E-state index in [-0.39, 0.29) is 40.1 Å². The molecule has 7 aliphatic rings. The van der Waals surface area contributed by atoms with Gasteiger partial charge in [0.2, 0.25) is 0 Å². The number of ketones is 1. The van der Waals surface area contributed by atoms with Crippen molar-refractivity contribution in [1.29, 1.82) is 0 Å². The number of aromatic nitrogens is 3. The first kappa shape index (κ1) is 12.7. The van der Waals surface area contributed by atoms with Gasteiger partial charge in [-0.25, -0.2) is 23.5 Å². The van der Waals surface area contributed by atoms with Crippen LogP contribution in [0, 0.1) is 34.5 Å². The number of benzene rings is 1. The molecular weight excluding hydrogens is 330 g/mol. The van der Waals surface area contributed by atoms with E-state index in [1.165, 1.54) is 4.57 Å². The zero-order chi connectivity index (χ0) is 17.2. The largest absolute Gasteiger partial charge is 0.352 e. The van der Waals surface area contributed by atoms with Crippen LogP contribution in [0.1, 0.15) is 18.5 Å². The molecule has 0 N–H and O–H groups in total. The summed E-state index contributed by atoms with van der Waals surface area (Å²) in [4.78, 5) is 38.9. The second kappa shape index (κ2) is 3.21. The molecule has 5 aliphatic carbocycles. The molecule has 2 aliphatic heterocycles. The van der Waals surface area contributed by atoms with Gasteiger partial charge in [0.05, 0.1) is 17.8 Å². The highest BCUT2D eigenvalue weighted by atomic mass is 16.2. The van der Waals surface area contributed by atoms with E-state index in [0.29, 0.717) is 35.8 Å². The highest BCUT2D eigenvalue weighted by Crippen LogP contribution is 3.03. The molecular formula is C20H15N3O3. The predicted molar refractivity (Wildman–Crippen MR) is 90.0 cm³/mol. The van der Waals surface area contributed by atoms with Crippen LogP contribution in [-0.2, 0) is 4.79 Å². The Morgan fingerprint density at radius 3 is 2.35 bits per heavy atom. The normalized spacial score (nSPS) is 49.2. The van der Waals surface area contributed by atoms with E-state index < -0.39 is 0 Å². The summed E-state index contributed by atoms with van der Waals surface area (Å²) in [6.45, 7) is 0. The van der Waals surface area contributed by atoms with Gasteiger partial charge in [0.25, 0.3) is 0 Å². The zero-order valence-corrected chi connectivity index (χ0v) is 13.8. The van der Waals surface area contributed by atoms with Crippen LogP contribution in [0.3, 0.4) is 0 Å². The van der Waals surface area contributed by atoms with Gasteiger partial charge in [-0.3, -0.25) is 4.79 Å². The fourth-order valence-corrected chi connectivity index (χ4v) is 8.36. The van der Waals surface area contributed by atoms with Crippen LogP contribution in [0.2, 0.25) is 0 Å². The van der Waals surface area contributed by atoms with Crippen LogP contribution in [0.5, 0.6) is 0 Å². The summed E-state index contributed by atoms with van der Waals surface area (Å²) < 4.78 is 4.83. The molecule has 128 valence electrons. The Hall–Kier alpha value is -2.63. The number of allylic oxidation sites excluding steroid dienone is 2. The Morgan fingerprint density at radius 2 is 1.58 bits per heavy atom. The standard InChI is InChI=1S/C20H15N3O3/c24-10-6-7-19-14-11-12-13(11)16(20(14,19)8-10)23-18(26)21(9-4-2-1-3-5-9)17(25)22(23)15(12)19/h1-7,11-16H,8H2/t11-,12+,13+,14+,15-,16+,19-,20+/m1/s1. The van der Waals surface area contributed by atoms with Crippen LogP contribution in [-0.4, -0.2) is 19.7 Å². The predicted octanol–water partition coefficient (Wildman–Crippen LogP) is 0.917. The lowest BCUT2D eigenvalue weighted by Crippen LogP contribution is -2.53. The summed E-state index contributed by atoms with van der Waals surface area (Å²) in [5.74, 6) is 2.30. The summed E-state index contributed by atoms with van der Waals surface area (Å²) in [5, 5.41) is 0. The van der Waals surface area contributed by atoms with Crippen LogP contribution in [0.15, 0.2) is 52.1 Å². The first-order valence-electron chi connectivity index (χ1n) is 9.38. The highest BCUT2D eigenvalue weighted by Gasteiger charge is 3.03. The average Bonchev–Trinajstić information content (AvgIpc) is 3.40. The Balaban J connectivity index is 1.48. The second-order valence-corrected chi connectivity index (χ2v) is 8.97. The van der Waals surface area contributed by atoms with Gasteiger partial charge < -0.3 is 0 Å². The highest BCUT2D eigenvalue weighted by molar-refractivity contribution is 5.93. The number of carbonyl (C=O) groups is 1. The van der Waals surface area contributed by atoms with Crippen molar-refractivity contribution in [1.82, 2.24) is 13.9 Å². The second-order valence-electron chi connectivity index (χ2n) is 8.97. The number of rotatable bonds is 1. The molecule has 6 heteroatoms. The summed E-state index contributed by atoms with van der Waals surface area (Å²) in [5.41, 5.74) is 0.0242. The van der Waals surface area contributed by atoms with Crippen molar-refractivity contribution in [2.75, 3.05) is 0 Å². The third-order valence-electron chi connectivity index (χ3n) is 8.68. The molecule has 2 spiro atoms. The van der Waals surface area contributed by atoms with Gasteiger partial charge in [-0.05, 0) is 41.9 Å². The average molecular weight is 345 g/mol. The van der Waals surface area contributed by atoms with E-state index in [1.54, 1.807) is 27.6 Å². The van der Waals surface area contributed by atoms with Crippen LogP contribution >= 0.6 is 0 Å². The van der Waals surface area contributed by atoms with Gasteiger partial charge >= 0.3 is 11.4 Å². The smallest absolute Gasteiger partial charge is 0.295 e. The van der Waals surface area contributed by atoms with Gasteiger partial charge in [0.1, 0.15) is 0 Å². The Kier molecular flexibility index (Phi) is 1.57. The minimum absolute atomic E-state index is 0.0200. The van der Waals surface area contributed by atoms with E-state index in [9.17, 15) is 14.4 Å². The maximum atomic E-state index is 13.3. The number of nitrogens with zero attached hydrogens (tertiary/aromatic N) is 3. The lowest BCUT2D eigenvalue weighted by Gasteiger charge is -2.48. The summed E-state index contributed by atoms with van der Waals surface area (Å²) >= 11 is 0. The van der Waals surface area contributed by atoms with E-state index >= 15 is 0 Å². The SMILES string of the molecule is O=C1C=C[C@]23[C@H]4[C@@H]5[C@@H]6[C@@H]5[C@@H]2[C@@]3(C1)[C@H]6n1c(=O)n(-c2ccccc2)c(=O)n14. The molecule has 2 bridgehead atoms. The Labute approximate surface area is 147 Å². The van der Waals surface area contributed by atoms with Crippen LogP contribution in [0.25, 0.3) is 5.69 Å². The molecule has 0 amide bonds. The first-order chi connectivity index (χ1) is 12.6. The maximum Gasteiger partial charge on any atom is 0.352 e. The van der Waals surface area contributed by atoms with Crippen LogP contribution < -0.4 is 11.4 Å². The van der Waals surface area contributed by atoms with Crippen molar-refractivity contribution in [2.45, 2.75) is 18.5 Å². The summed E-state index contributed by atoms with van der Waals surface area (Å²) in [6.07, 6.45) is 4.40. The summed E-state index contributed by atoms with van der Waals surface area (Å²) in [6, 6.07) is 9.24. The molecule has 26 heavy (non-hydrogen) atoms. The molecule has 3 heterocycles. The van der Waals surface area contributed by atoms with Crippen molar-refractivity contribution < 1.29 is 4.79 Å². The summed E-state index contributed by atoms with van der Waals surface area (Å²) in [7, 11) is 0. The van der Waals surface area contributed by atoms with Crippen LogP contribution in [0.4, 0.5) is 0 Å². The molecule has 1 aromatic heterocycles. The topological polar surface area (TPSA) is 66.0 Å². The molecule has 4 saturated carbocycles. The molecule has 8 atom stereocenters. The Morgan fingerprint density at radius 1 is 0.885 bits per heavy atom. The minimum atomic E-state index is -0.238. The minimum Gasteiger partial charge on any atom is -0.295 e. The van der Waals surface area contributed by atoms with Gasteiger partial charge in [-0.1, -0.05) is 24.3 Å². The quantitative estimate of drug-likeness (QED) is 0.772. The zero-order valence-electron chi connectivity index (χ0n) is 13.8. The molecule has 0 radical (unpaired) electrons. The van der Waals surface area contributed by atoms with E-state index in [4.69, 9.17) is 0 Å². The van der Waals surface area contributed by atoms with Crippen molar-refractivity contribution in [3.05, 3.63) is 63.5 Å². The lowest BCUT2D eigenvalue weighted by molar-refractivity contribution is -0.119. The fraction of sp³-hybridized carbons (Fsp3) is 0.450. The third kappa shape index (κ3) is 0.863. The van der Waals surface area contributed by atoms with Gasteiger partial charge in [-0.15, -0.1) is 0 Å².